The molecule has 25 heavy (non-hydrogen) atoms. The van der Waals surface area contributed by atoms with E-state index in [1.807, 2.05) is 42.5 Å². The highest BCUT2D eigenvalue weighted by atomic mass is 16.5. The van der Waals surface area contributed by atoms with Gasteiger partial charge in [-0.3, -0.25) is 4.98 Å². The second-order valence-electron chi connectivity index (χ2n) is 5.32. The number of hydrogen-bond donors (Lipinski definition) is 0. The third-order valence-corrected chi connectivity index (χ3v) is 3.72. The van der Waals surface area contributed by atoms with Gasteiger partial charge in [0.2, 0.25) is 5.88 Å². The summed E-state index contributed by atoms with van der Waals surface area (Å²) < 4.78 is 5.99. The second kappa shape index (κ2) is 6.38. The molecule has 0 N–H and O–H groups in total. The van der Waals surface area contributed by atoms with Crippen LogP contribution in [-0.4, -0.2) is 15.0 Å². The number of hydrogen-bond acceptors (Lipinski definition) is 5. The average molecular weight is 324 g/mol. The molecule has 0 atom stereocenters. The van der Waals surface area contributed by atoms with Gasteiger partial charge in [-0.15, -0.1) is 0 Å². The van der Waals surface area contributed by atoms with Gasteiger partial charge in [-0.25, -0.2) is 4.98 Å². The van der Waals surface area contributed by atoms with E-state index in [0.717, 1.165) is 16.5 Å². The van der Waals surface area contributed by atoms with E-state index in [9.17, 15) is 5.26 Å². The zero-order valence-electron chi connectivity index (χ0n) is 13.1. The molecule has 4 rings (SSSR count). The van der Waals surface area contributed by atoms with E-state index in [0.29, 0.717) is 23.0 Å². The molecule has 4 aromatic rings. The van der Waals surface area contributed by atoms with Crippen molar-refractivity contribution >= 4 is 10.9 Å². The number of pyridine rings is 1. The molecule has 5 nitrogen and oxygen atoms in total. The Labute approximate surface area is 144 Å². The van der Waals surface area contributed by atoms with Crippen LogP contribution in [0.1, 0.15) is 5.56 Å². The molecule has 0 amide bonds. The summed E-state index contributed by atoms with van der Waals surface area (Å²) in [7, 11) is 0. The largest absolute Gasteiger partial charge is 0.437 e. The molecule has 0 saturated heterocycles. The van der Waals surface area contributed by atoms with Crippen LogP contribution < -0.4 is 4.74 Å². The van der Waals surface area contributed by atoms with Crippen LogP contribution in [0.15, 0.2) is 73.1 Å². The van der Waals surface area contributed by atoms with Crippen molar-refractivity contribution in [3.05, 3.63) is 78.6 Å². The number of benzene rings is 2. The highest BCUT2D eigenvalue weighted by Gasteiger charge is 2.12. The molecule has 0 aliphatic carbocycles. The maximum atomic E-state index is 9.27. The first-order valence-corrected chi connectivity index (χ1v) is 7.69. The molecule has 5 heteroatoms. The van der Waals surface area contributed by atoms with Crippen molar-refractivity contribution in [2.24, 2.45) is 0 Å². The van der Waals surface area contributed by atoms with Gasteiger partial charge < -0.3 is 4.74 Å². The number of para-hydroxylation sites is 2. The molecular formula is C20H12N4O. The van der Waals surface area contributed by atoms with Gasteiger partial charge in [0.15, 0.2) is 5.82 Å². The van der Waals surface area contributed by atoms with Crippen LogP contribution in [0.4, 0.5) is 0 Å². The maximum absolute atomic E-state index is 9.27. The van der Waals surface area contributed by atoms with Crippen molar-refractivity contribution in [1.82, 2.24) is 15.0 Å². The van der Waals surface area contributed by atoms with Gasteiger partial charge in [0.1, 0.15) is 11.8 Å². The molecule has 0 aliphatic rings. The van der Waals surface area contributed by atoms with E-state index >= 15 is 0 Å². The fourth-order valence-corrected chi connectivity index (χ4v) is 2.51. The third-order valence-electron chi connectivity index (χ3n) is 3.72. The number of nitriles is 1. The highest BCUT2D eigenvalue weighted by molar-refractivity contribution is 5.85. The highest BCUT2D eigenvalue weighted by Crippen LogP contribution is 2.31. The van der Waals surface area contributed by atoms with Crippen LogP contribution in [0.3, 0.4) is 0 Å². The average Bonchev–Trinajstić information content (AvgIpc) is 2.69. The molecule has 2 aromatic carbocycles. The topological polar surface area (TPSA) is 71.7 Å². The van der Waals surface area contributed by atoms with Crippen LogP contribution in [-0.2, 0) is 0 Å². The third kappa shape index (κ3) is 2.89. The summed E-state index contributed by atoms with van der Waals surface area (Å²) in [5, 5.41) is 10.1. The van der Waals surface area contributed by atoms with Crippen LogP contribution in [0.5, 0.6) is 11.6 Å². The van der Waals surface area contributed by atoms with Gasteiger partial charge in [0.05, 0.1) is 16.5 Å². The monoisotopic (exact) mass is 324 g/mol. The Hall–Kier alpha value is -3.78. The molecule has 0 fully saturated rings. The quantitative estimate of drug-likeness (QED) is 0.560. The Morgan fingerprint density at radius 1 is 0.840 bits per heavy atom. The molecule has 2 aromatic heterocycles. The fraction of sp³-hybridized carbons (Fsp3) is 0. The van der Waals surface area contributed by atoms with Crippen molar-refractivity contribution < 1.29 is 4.74 Å². The summed E-state index contributed by atoms with van der Waals surface area (Å²) in [6.45, 7) is 0. The predicted octanol–water partition coefficient (Wildman–Crippen LogP) is 4.36. The maximum Gasteiger partial charge on any atom is 0.230 e. The van der Waals surface area contributed by atoms with Gasteiger partial charge in [0, 0.05) is 18.0 Å². The number of rotatable bonds is 3. The van der Waals surface area contributed by atoms with Gasteiger partial charge in [0.25, 0.3) is 0 Å². The normalized spacial score (nSPS) is 10.4. The molecule has 2 heterocycles. The molecule has 118 valence electrons. The molecule has 0 saturated carbocycles. The van der Waals surface area contributed by atoms with Gasteiger partial charge in [-0.05, 0) is 36.4 Å². The number of aromatic nitrogens is 3. The number of fused-ring (bicyclic) bond motifs is 1. The first-order valence-electron chi connectivity index (χ1n) is 7.69. The summed E-state index contributed by atoms with van der Waals surface area (Å²) in [5.74, 6) is 1.43. The lowest BCUT2D eigenvalue weighted by Gasteiger charge is -2.11. The smallest absolute Gasteiger partial charge is 0.230 e. The van der Waals surface area contributed by atoms with Crippen LogP contribution in [0, 0.1) is 11.3 Å². The lowest BCUT2D eigenvalue weighted by molar-refractivity contribution is 0.467. The lowest BCUT2D eigenvalue weighted by Crippen LogP contribution is -1.97. The Bertz CT molecular complexity index is 1090. The summed E-state index contributed by atoms with van der Waals surface area (Å²) in [4.78, 5) is 13.2. The Kier molecular flexibility index (Phi) is 3.77. The minimum absolute atomic E-state index is 0.417. The van der Waals surface area contributed by atoms with Crippen molar-refractivity contribution in [3.8, 4) is 29.1 Å². The number of ether oxygens (including phenoxy) is 1. The van der Waals surface area contributed by atoms with E-state index in [1.165, 1.54) is 0 Å². The Balaban J connectivity index is 1.89. The number of nitrogens with zero attached hydrogens (tertiary/aromatic N) is 4. The van der Waals surface area contributed by atoms with Gasteiger partial charge in [-0.2, -0.15) is 10.2 Å². The van der Waals surface area contributed by atoms with E-state index < -0.39 is 0 Å². The first-order chi connectivity index (χ1) is 12.3. The van der Waals surface area contributed by atoms with Crippen LogP contribution in [0.25, 0.3) is 22.3 Å². The van der Waals surface area contributed by atoms with Crippen LogP contribution in [0.2, 0.25) is 0 Å². The van der Waals surface area contributed by atoms with Crippen LogP contribution >= 0.6 is 0 Å². The van der Waals surface area contributed by atoms with E-state index in [-0.39, 0.29) is 0 Å². The summed E-state index contributed by atoms with van der Waals surface area (Å²) in [5.41, 5.74) is 2.07. The van der Waals surface area contributed by atoms with Gasteiger partial charge in [-0.1, -0.05) is 24.3 Å². The summed E-state index contributed by atoms with van der Waals surface area (Å²) in [6.07, 6.45) is 3.39. The molecule has 0 unspecified atom stereocenters. The van der Waals surface area contributed by atoms with E-state index in [1.54, 1.807) is 30.6 Å². The first kappa shape index (κ1) is 14.8. The predicted molar refractivity (Wildman–Crippen MR) is 94.0 cm³/mol. The fourth-order valence-electron chi connectivity index (χ4n) is 2.51. The van der Waals surface area contributed by atoms with Crippen molar-refractivity contribution in [3.63, 3.8) is 0 Å². The molecule has 0 radical (unpaired) electrons. The SMILES string of the molecule is N#Cc1ccccc1Oc1nc(-c2ccncc2)nc2ccccc12. The van der Waals surface area contributed by atoms with Crippen molar-refractivity contribution in [1.29, 1.82) is 5.26 Å². The van der Waals surface area contributed by atoms with E-state index in [4.69, 9.17) is 4.74 Å². The zero-order valence-corrected chi connectivity index (χ0v) is 13.1. The standard InChI is InChI=1S/C20H12N4O/c21-13-15-5-1-4-8-18(15)25-20-16-6-2-3-7-17(16)23-19(24-20)14-9-11-22-12-10-14/h1-12H. The summed E-state index contributed by atoms with van der Waals surface area (Å²) >= 11 is 0. The van der Waals surface area contributed by atoms with Gasteiger partial charge >= 0.3 is 0 Å². The Morgan fingerprint density at radius 2 is 1.60 bits per heavy atom. The summed E-state index contributed by atoms with van der Waals surface area (Å²) in [6, 6.07) is 20.5. The minimum Gasteiger partial charge on any atom is -0.437 e. The second-order valence-corrected chi connectivity index (χ2v) is 5.32. The molecule has 0 bridgehead atoms. The molecular weight excluding hydrogens is 312 g/mol. The molecule has 0 spiro atoms. The lowest BCUT2D eigenvalue weighted by atomic mass is 10.2. The van der Waals surface area contributed by atoms with E-state index in [2.05, 4.69) is 21.0 Å². The Morgan fingerprint density at radius 3 is 2.44 bits per heavy atom. The van der Waals surface area contributed by atoms with Crippen molar-refractivity contribution in [2.45, 2.75) is 0 Å². The van der Waals surface area contributed by atoms with Crippen molar-refractivity contribution in [2.75, 3.05) is 0 Å². The molecule has 0 aliphatic heterocycles. The zero-order chi connectivity index (χ0) is 17.1. The minimum atomic E-state index is 0.417.